The van der Waals surface area contributed by atoms with Gasteiger partial charge in [0, 0.05) is 12.1 Å². The van der Waals surface area contributed by atoms with E-state index >= 15 is 0 Å². The Morgan fingerprint density at radius 2 is 1.89 bits per heavy atom. The number of nitrogens with one attached hydrogen (secondary N) is 1. The minimum Gasteiger partial charge on any atom is -0.391 e. The second-order valence-corrected chi connectivity index (χ2v) is 4.83. The second kappa shape index (κ2) is 7.48. The Labute approximate surface area is 119 Å². The maximum absolute atomic E-state index is 12.0. The Bertz CT molecular complexity index is 408. The quantitative estimate of drug-likeness (QED) is 0.789. The first-order valence-corrected chi connectivity index (χ1v) is 6.48. The van der Waals surface area contributed by atoms with Gasteiger partial charge in [0.15, 0.2) is 0 Å². The van der Waals surface area contributed by atoms with Gasteiger partial charge in [-0.05, 0) is 30.5 Å². The van der Waals surface area contributed by atoms with Crippen molar-refractivity contribution in [3.63, 3.8) is 0 Å². The molecule has 1 saturated carbocycles. The fourth-order valence-electron chi connectivity index (χ4n) is 2.32. The molecule has 106 valence electrons. The highest BCUT2D eigenvalue weighted by atomic mass is 35.5. The van der Waals surface area contributed by atoms with Gasteiger partial charge in [-0.3, -0.25) is 4.79 Å². The highest BCUT2D eigenvalue weighted by Crippen LogP contribution is 2.18. The fourth-order valence-corrected chi connectivity index (χ4v) is 2.32. The molecule has 1 aliphatic carbocycles. The molecule has 5 heteroatoms. The Morgan fingerprint density at radius 1 is 1.26 bits per heavy atom. The smallest absolute Gasteiger partial charge is 0.251 e. The van der Waals surface area contributed by atoms with Crippen molar-refractivity contribution in [3.8, 4) is 0 Å². The minimum absolute atomic E-state index is 0. The van der Waals surface area contributed by atoms with E-state index in [-0.39, 0.29) is 24.4 Å². The molecular formula is C14H21ClN2O2. The number of nitrogens with two attached hydrogens (primary N) is 1. The third kappa shape index (κ3) is 4.20. The maximum atomic E-state index is 12.0. The third-order valence-corrected chi connectivity index (χ3v) is 3.50. The molecule has 0 saturated heterocycles. The van der Waals surface area contributed by atoms with Gasteiger partial charge in [0.25, 0.3) is 5.91 Å². The molecule has 0 heterocycles. The summed E-state index contributed by atoms with van der Waals surface area (Å²) >= 11 is 0. The van der Waals surface area contributed by atoms with Gasteiger partial charge in [0.2, 0.25) is 0 Å². The van der Waals surface area contributed by atoms with Crippen molar-refractivity contribution in [2.24, 2.45) is 5.73 Å². The number of carbonyl (C=O) groups excluding carboxylic acids is 1. The molecule has 4 N–H and O–H groups in total. The van der Waals surface area contributed by atoms with Gasteiger partial charge in [-0.15, -0.1) is 12.4 Å². The first-order chi connectivity index (χ1) is 8.70. The van der Waals surface area contributed by atoms with E-state index in [1.807, 2.05) is 12.1 Å². The van der Waals surface area contributed by atoms with E-state index in [2.05, 4.69) is 5.32 Å². The topological polar surface area (TPSA) is 75.4 Å². The van der Waals surface area contributed by atoms with E-state index in [0.29, 0.717) is 12.1 Å². The number of aliphatic hydroxyl groups is 1. The molecule has 0 bridgehead atoms. The lowest BCUT2D eigenvalue weighted by atomic mass is 9.92. The van der Waals surface area contributed by atoms with Crippen molar-refractivity contribution in [1.82, 2.24) is 5.32 Å². The van der Waals surface area contributed by atoms with Crippen LogP contribution >= 0.6 is 12.4 Å². The molecule has 1 fully saturated rings. The molecular weight excluding hydrogens is 264 g/mol. The first kappa shape index (κ1) is 16.0. The third-order valence-electron chi connectivity index (χ3n) is 3.50. The lowest BCUT2D eigenvalue weighted by molar-refractivity contribution is 0.0717. The van der Waals surface area contributed by atoms with Crippen molar-refractivity contribution < 1.29 is 9.90 Å². The molecule has 0 aliphatic heterocycles. The molecule has 0 radical (unpaired) electrons. The highest BCUT2D eigenvalue weighted by Gasteiger charge is 2.24. The number of hydrogen-bond donors (Lipinski definition) is 3. The van der Waals surface area contributed by atoms with Crippen LogP contribution in [0.1, 0.15) is 41.6 Å². The Balaban J connectivity index is 0.00000180. The normalized spacial score (nSPS) is 22.4. The van der Waals surface area contributed by atoms with Gasteiger partial charge < -0.3 is 16.2 Å². The van der Waals surface area contributed by atoms with Crippen LogP contribution in [0.5, 0.6) is 0 Å². The predicted molar refractivity (Wildman–Crippen MR) is 77.3 cm³/mol. The average molecular weight is 285 g/mol. The van der Waals surface area contributed by atoms with Crippen molar-refractivity contribution in [2.45, 2.75) is 44.4 Å². The molecule has 2 unspecified atom stereocenters. The van der Waals surface area contributed by atoms with Crippen LogP contribution in [-0.4, -0.2) is 23.2 Å². The van der Waals surface area contributed by atoms with Crippen molar-refractivity contribution in [3.05, 3.63) is 35.4 Å². The van der Waals surface area contributed by atoms with E-state index < -0.39 is 6.10 Å². The Morgan fingerprint density at radius 3 is 2.47 bits per heavy atom. The number of aliphatic hydroxyl groups excluding tert-OH is 1. The molecule has 4 nitrogen and oxygen atoms in total. The van der Waals surface area contributed by atoms with Gasteiger partial charge in [-0.2, -0.15) is 0 Å². The number of rotatable bonds is 3. The molecule has 1 amide bonds. The van der Waals surface area contributed by atoms with Crippen LogP contribution in [0, 0.1) is 0 Å². The summed E-state index contributed by atoms with van der Waals surface area (Å²) in [6.07, 6.45) is 3.32. The first-order valence-electron chi connectivity index (χ1n) is 6.48. The molecule has 0 aromatic heterocycles. The summed E-state index contributed by atoms with van der Waals surface area (Å²) in [5.41, 5.74) is 7.13. The van der Waals surface area contributed by atoms with Crippen molar-refractivity contribution in [1.29, 1.82) is 0 Å². The molecule has 0 spiro atoms. The molecule has 2 rings (SSSR count). The average Bonchev–Trinajstić information content (AvgIpc) is 2.41. The van der Waals surface area contributed by atoms with E-state index in [1.165, 1.54) is 0 Å². The van der Waals surface area contributed by atoms with Crippen LogP contribution < -0.4 is 11.1 Å². The lowest BCUT2D eigenvalue weighted by Gasteiger charge is -2.28. The summed E-state index contributed by atoms with van der Waals surface area (Å²) < 4.78 is 0. The van der Waals surface area contributed by atoms with E-state index in [1.54, 1.807) is 12.1 Å². The summed E-state index contributed by atoms with van der Waals surface area (Å²) in [6, 6.07) is 7.14. The summed E-state index contributed by atoms with van der Waals surface area (Å²) in [4.78, 5) is 12.0. The van der Waals surface area contributed by atoms with E-state index in [9.17, 15) is 9.90 Å². The Hall–Kier alpha value is -1.10. The monoisotopic (exact) mass is 284 g/mol. The number of halogens is 1. The predicted octanol–water partition coefficient (Wildman–Crippen LogP) is 1.60. The number of hydrogen-bond acceptors (Lipinski definition) is 3. The molecule has 2 atom stereocenters. The molecule has 1 aliphatic rings. The second-order valence-electron chi connectivity index (χ2n) is 4.83. The summed E-state index contributed by atoms with van der Waals surface area (Å²) in [5, 5.41) is 12.7. The van der Waals surface area contributed by atoms with Crippen LogP contribution in [0.4, 0.5) is 0 Å². The number of carbonyl (C=O) groups is 1. The highest BCUT2D eigenvalue weighted by molar-refractivity contribution is 5.94. The molecule has 1 aromatic carbocycles. The van der Waals surface area contributed by atoms with Crippen molar-refractivity contribution in [2.75, 3.05) is 0 Å². The fraction of sp³-hybridized carbons (Fsp3) is 0.500. The zero-order chi connectivity index (χ0) is 13.0. The Kier molecular flexibility index (Phi) is 6.28. The lowest BCUT2D eigenvalue weighted by Crippen LogP contribution is -2.45. The van der Waals surface area contributed by atoms with Crippen LogP contribution in [0.25, 0.3) is 0 Å². The summed E-state index contributed by atoms with van der Waals surface area (Å²) in [5.74, 6) is -0.121. The molecule has 1 aromatic rings. The zero-order valence-corrected chi connectivity index (χ0v) is 11.7. The van der Waals surface area contributed by atoms with E-state index in [0.717, 1.165) is 31.2 Å². The molecule has 19 heavy (non-hydrogen) atoms. The van der Waals surface area contributed by atoms with Crippen LogP contribution in [0.15, 0.2) is 24.3 Å². The van der Waals surface area contributed by atoms with Crippen LogP contribution in [-0.2, 0) is 6.54 Å². The van der Waals surface area contributed by atoms with E-state index in [4.69, 9.17) is 5.73 Å². The van der Waals surface area contributed by atoms with Gasteiger partial charge in [-0.1, -0.05) is 25.0 Å². The van der Waals surface area contributed by atoms with Gasteiger partial charge in [-0.25, -0.2) is 0 Å². The van der Waals surface area contributed by atoms with Gasteiger partial charge >= 0.3 is 0 Å². The standard InChI is InChI=1S/C14H20N2O2.ClH/c15-9-10-5-7-11(8-6-10)14(18)16-12-3-1-2-4-13(12)17;/h5-8,12-13,17H,1-4,9,15H2,(H,16,18);1H. The van der Waals surface area contributed by atoms with Crippen LogP contribution in [0.3, 0.4) is 0 Å². The number of amides is 1. The largest absolute Gasteiger partial charge is 0.391 e. The SMILES string of the molecule is Cl.NCc1ccc(C(=O)NC2CCCCC2O)cc1. The van der Waals surface area contributed by atoms with Crippen LogP contribution in [0.2, 0.25) is 0 Å². The zero-order valence-electron chi connectivity index (χ0n) is 10.8. The van der Waals surface area contributed by atoms with Crippen molar-refractivity contribution >= 4 is 18.3 Å². The minimum atomic E-state index is -0.411. The van der Waals surface area contributed by atoms with Gasteiger partial charge in [0.05, 0.1) is 12.1 Å². The number of benzene rings is 1. The maximum Gasteiger partial charge on any atom is 0.251 e. The summed E-state index contributed by atoms with van der Waals surface area (Å²) in [7, 11) is 0. The summed E-state index contributed by atoms with van der Waals surface area (Å²) in [6.45, 7) is 0.475. The van der Waals surface area contributed by atoms with Gasteiger partial charge in [0.1, 0.15) is 0 Å².